The molecule has 0 aliphatic heterocycles. The third-order valence-electron chi connectivity index (χ3n) is 4.19. The number of ether oxygens (including phenoxy) is 1. The number of aryl methyl sites for hydroxylation is 1. The summed E-state index contributed by atoms with van der Waals surface area (Å²) in [5.41, 5.74) is 2.88. The average molecular weight is 233 g/mol. The summed E-state index contributed by atoms with van der Waals surface area (Å²) in [7, 11) is 3.89. The summed E-state index contributed by atoms with van der Waals surface area (Å²) in [4.78, 5) is 0. The monoisotopic (exact) mass is 233 g/mol. The number of hydrogen-bond donors (Lipinski definition) is 1. The lowest BCUT2D eigenvalue weighted by atomic mass is 9.74. The fourth-order valence-electron chi connectivity index (χ4n) is 2.78. The maximum Gasteiger partial charge on any atom is 0.0697 e. The Bertz CT molecular complexity index is 365. The topological polar surface area (TPSA) is 21.3 Å². The minimum absolute atomic E-state index is 0.121. The van der Waals surface area contributed by atoms with E-state index < -0.39 is 0 Å². The Labute approximate surface area is 104 Å². The standard InChI is InChI=1S/C15H23NO/c1-12-7-4-5-8-13(12)14(16-2)11-15(17-3)9-6-10-15/h4-5,7-8,14,16H,6,9-11H2,1-3H3. The zero-order valence-corrected chi connectivity index (χ0v) is 11.1. The molecule has 0 radical (unpaired) electrons. The van der Waals surface area contributed by atoms with E-state index >= 15 is 0 Å². The van der Waals surface area contributed by atoms with Gasteiger partial charge in [-0.25, -0.2) is 0 Å². The van der Waals surface area contributed by atoms with Crippen LogP contribution in [0.3, 0.4) is 0 Å². The highest BCUT2D eigenvalue weighted by Gasteiger charge is 2.39. The van der Waals surface area contributed by atoms with Gasteiger partial charge in [0.2, 0.25) is 0 Å². The van der Waals surface area contributed by atoms with E-state index in [-0.39, 0.29) is 5.60 Å². The van der Waals surface area contributed by atoms with Crippen LogP contribution in [0.1, 0.15) is 42.9 Å². The second-order valence-electron chi connectivity index (χ2n) is 5.14. The van der Waals surface area contributed by atoms with Gasteiger partial charge in [-0.3, -0.25) is 0 Å². The highest BCUT2D eigenvalue weighted by Crippen LogP contribution is 2.42. The summed E-state index contributed by atoms with van der Waals surface area (Å²) in [6.07, 6.45) is 4.78. The molecule has 0 spiro atoms. The molecule has 1 aliphatic rings. The molecule has 1 aliphatic carbocycles. The zero-order valence-electron chi connectivity index (χ0n) is 11.1. The molecule has 2 heteroatoms. The first-order valence-electron chi connectivity index (χ1n) is 6.49. The summed E-state index contributed by atoms with van der Waals surface area (Å²) in [6.45, 7) is 2.18. The van der Waals surface area contributed by atoms with Crippen molar-refractivity contribution >= 4 is 0 Å². The first-order valence-corrected chi connectivity index (χ1v) is 6.49. The molecule has 1 unspecified atom stereocenters. The first-order chi connectivity index (χ1) is 8.21. The van der Waals surface area contributed by atoms with Crippen molar-refractivity contribution in [2.24, 2.45) is 0 Å². The number of methoxy groups -OCH3 is 1. The third-order valence-corrected chi connectivity index (χ3v) is 4.19. The van der Waals surface area contributed by atoms with Gasteiger partial charge in [0.15, 0.2) is 0 Å². The quantitative estimate of drug-likeness (QED) is 0.843. The Morgan fingerprint density at radius 3 is 2.53 bits per heavy atom. The molecule has 0 bridgehead atoms. The van der Waals surface area contributed by atoms with Gasteiger partial charge in [0.05, 0.1) is 5.60 Å². The van der Waals surface area contributed by atoms with Crippen molar-refractivity contribution in [3.05, 3.63) is 35.4 Å². The van der Waals surface area contributed by atoms with Crippen LogP contribution in [0.2, 0.25) is 0 Å². The molecule has 0 saturated heterocycles. The molecule has 2 rings (SSSR count). The van der Waals surface area contributed by atoms with Crippen molar-refractivity contribution in [2.45, 2.75) is 44.2 Å². The van der Waals surface area contributed by atoms with Crippen LogP contribution in [-0.2, 0) is 4.74 Å². The van der Waals surface area contributed by atoms with Crippen LogP contribution in [0.15, 0.2) is 24.3 Å². The van der Waals surface area contributed by atoms with E-state index in [9.17, 15) is 0 Å². The molecular formula is C15H23NO. The Kier molecular flexibility index (Phi) is 3.85. The van der Waals surface area contributed by atoms with Crippen molar-refractivity contribution in [1.82, 2.24) is 5.32 Å². The smallest absolute Gasteiger partial charge is 0.0697 e. The average Bonchev–Trinajstić information content (AvgIpc) is 2.30. The number of rotatable bonds is 5. The minimum Gasteiger partial charge on any atom is -0.378 e. The lowest BCUT2D eigenvalue weighted by Gasteiger charge is -2.43. The van der Waals surface area contributed by atoms with Crippen LogP contribution < -0.4 is 5.32 Å². The highest BCUT2D eigenvalue weighted by molar-refractivity contribution is 5.29. The molecule has 1 fully saturated rings. The van der Waals surface area contributed by atoms with E-state index in [2.05, 4.69) is 36.5 Å². The SMILES string of the molecule is CNC(CC1(OC)CCC1)c1ccccc1C. The van der Waals surface area contributed by atoms with Crippen LogP contribution in [0, 0.1) is 6.92 Å². The fraction of sp³-hybridized carbons (Fsp3) is 0.600. The van der Waals surface area contributed by atoms with Crippen LogP contribution in [0.5, 0.6) is 0 Å². The van der Waals surface area contributed by atoms with Gasteiger partial charge in [0, 0.05) is 13.2 Å². The van der Waals surface area contributed by atoms with Crippen LogP contribution >= 0.6 is 0 Å². The van der Waals surface area contributed by atoms with Gasteiger partial charge >= 0.3 is 0 Å². The molecule has 17 heavy (non-hydrogen) atoms. The van der Waals surface area contributed by atoms with Gasteiger partial charge in [-0.1, -0.05) is 24.3 Å². The molecule has 0 heterocycles. The van der Waals surface area contributed by atoms with Crippen LogP contribution in [-0.4, -0.2) is 19.8 Å². The van der Waals surface area contributed by atoms with Crippen molar-refractivity contribution in [3.63, 3.8) is 0 Å². The Morgan fingerprint density at radius 2 is 2.06 bits per heavy atom. The van der Waals surface area contributed by atoms with Crippen LogP contribution in [0.25, 0.3) is 0 Å². The minimum atomic E-state index is 0.121. The normalized spacial score (nSPS) is 19.7. The maximum atomic E-state index is 5.73. The molecule has 1 aromatic carbocycles. The molecule has 1 atom stereocenters. The predicted octanol–water partition coefficient (Wildman–Crippen LogP) is 3.21. The predicted molar refractivity (Wildman–Crippen MR) is 71.2 cm³/mol. The first kappa shape index (κ1) is 12.6. The lowest BCUT2D eigenvalue weighted by Crippen LogP contribution is -2.42. The van der Waals surface area contributed by atoms with E-state index in [4.69, 9.17) is 4.74 Å². The lowest BCUT2D eigenvalue weighted by molar-refractivity contribution is -0.0834. The Hall–Kier alpha value is -0.860. The zero-order chi connectivity index (χ0) is 12.3. The van der Waals surface area contributed by atoms with Gasteiger partial charge < -0.3 is 10.1 Å². The third kappa shape index (κ3) is 2.53. The molecular weight excluding hydrogens is 210 g/mol. The van der Waals surface area contributed by atoms with Gasteiger partial charge in [-0.15, -0.1) is 0 Å². The van der Waals surface area contributed by atoms with E-state index in [0.29, 0.717) is 6.04 Å². The van der Waals surface area contributed by atoms with Gasteiger partial charge in [0.25, 0.3) is 0 Å². The molecule has 1 N–H and O–H groups in total. The van der Waals surface area contributed by atoms with Crippen molar-refractivity contribution in [2.75, 3.05) is 14.2 Å². The van der Waals surface area contributed by atoms with E-state index in [1.807, 2.05) is 14.2 Å². The molecule has 0 aromatic heterocycles. The van der Waals surface area contributed by atoms with Crippen molar-refractivity contribution in [1.29, 1.82) is 0 Å². The van der Waals surface area contributed by atoms with Crippen molar-refractivity contribution in [3.8, 4) is 0 Å². The summed E-state index contributed by atoms with van der Waals surface area (Å²) in [6, 6.07) is 9.02. The van der Waals surface area contributed by atoms with Gasteiger partial charge in [-0.05, 0) is 50.8 Å². The second-order valence-corrected chi connectivity index (χ2v) is 5.14. The number of hydrogen-bond acceptors (Lipinski definition) is 2. The summed E-state index contributed by atoms with van der Waals surface area (Å²) in [5, 5.41) is 3.44. The summed E-state index contributed by atoms with van der Waals surface area (Å²) >= 11 is 0. The van der Waals surface area contributed by atoms with Crippen molar-refractivity contribution < 1.29 is 4.74 Å². The van der Waals surface area contributed by atoms with E-state index in [1.54, 1.807) is 0 Å². The molecule has 1 saturated carbocycles. The van der Waals surface area contributed by atoms with Gasteiger partial charge in [0.1, 0.15) is 0 Å². The molecule has 2 nitrogen and oxygen atoms in total. The molecule has 94 valence electrons. The second kappa shape index (κ2) is 5.19. The summed E-state index contributed by atoms with van der Waals surface area (Å²) < 4.78 is 5.73. The maximum absolute atomic E-state index is 5.73. The van der Waals surface area contributed by atoms with E-state index in [1.165, 1.54) is 30.4 Å². The van der Waals surface area contributed by atoms with Gasteiger partial charge in [-0.2, -0.15) is 0 Å². The Morgan fingerprint density at radius 1 is 1.35 bits per heavy atom. The molecule has 1 aromatic rings. The largest absolute Gasteiger partial charge is 0.378 e. The number of nitrogens with one attached hydrogen (secondary N) is 1. The number of benzene rings is 1. The van der Waals surface area contributed by atoms with Crippen LogP contribution in [0.4, 0.5) is 0 Å². The fourth-order valence-corrected chi connectivity index (χ4v) is 2.78. The Balaban J connectivity index is 2.14. The van der Waals surface area contributed by atoms with E-state index in [0.717, 1.165) is 6.42 Å². The molecule has 0 amide bonds. The highest BCUT2D eigenvalue weighted by atomic mass is 16.5. The summed E-state index contributed by atoms with van der Waals surface area (Å²) in [5.74, 6) is 0.